The minimum Gasteiger partial charge on any atom is -0.468 e. The molecule has 0 spiro atoms. The minimum atomic E-state index is -1.19. The molecule has 1 aromatic carbocycles. The van der Waals surface area contributed by atoms with Crippen LogP contribution in [0.1, 0.15) is 44.6 Å². The maximum absolute atomic E-state index is 12.3. The number of hydrogen-bond donors (Lipinski definition) is 1. The highest BCUT2D eigenvalue weighted by Crippen LogP contribution is 2.50. The zero-order valence-electron chi connectivity index (χ0n) is 11.7. The lowest BCUT2D eigenvalue weighted by Gasteiger charge is -2.45. The second-order valence-corrected chi connectivity index (χ2v) is 5.57. The predicted octanol–water partition coefficient (Wildman–Crippen LogP) is 3.02. The molecule has 1 aliphatic rings. The van der Waals surface area contributed by atoms with Crippen LogP contribution in [-0.4, -0.2) is 18.2 Å². The molecule has 1 fully saturated rings. The third-order valence-electron chi connectivity index (χ3n) is 4.55. The molecule has 1 N–H and O–H groups in total. The molecule has 0 amide bonds. The summed E-state index contributed by atoms with van der Waals surface area (Å²) in [6.07, 6.45) is 4.39. The Hall–Kier alpha value is -1.35. The molecule has 3 heteroatoms. The Morgan fingerprint density at radius 3 is 2.32 bits per heavy atom. The summed E-state index contributed by atoms with van der Waals surface area (Å²) in [5.74, 6) is -0.291. The average Bonchev–Trinajstić information content (AvgIpc) is 2.47. The van der Waals surface area contributed by atoms with Crippen molar-refractivity contribution in [1.29, 1.82) is 0 Å². The summed E-state index contributed by atoms with van der Waals surface area (Å²) in [5, 5.41) is 11.1. The van der Waals surface area contributed by atoms with Crippen molar-refractivity contribution in [1.82, 2.24) is 0 Å². The van der Waals surface area contributed by atoms with Crippen molar-refractivity contribution in [3.05, 3.63) is 35.9 Å². The van der Waals surface area contributed by atoms with Gasteiger partial charge >= 0.3 is 5.97 Å². The second kappa shape index (κ2) is 5.33. The quantitative estimate of drug-likeness (QED) is 0.852. The van der Waals surface area contributed by atoms with Crippen LogP contribution in [0.2, 0.25) is 0 Å². The monoisotopic (exact) mass is 262 g/mol. The van der Waals surface area contributed by atoms with Crippen molar-refractivity contribution in [2.24, 2.45) is 5.41 Å². The van der Waals surface area contributed by atoms with E-state index in [1.165, 1.54) is 7.11 Å². The molecule has 19 heavy (non-hydrogen) atoms. The first-order chi connectivity index (χ1) is 9.04. The van der Waals surface area contributed by atoms with E-state index >= 15 is 0 Å². The summed E-state index contributed by atoms with van der Waals surface area (Å²) in [6.45, 7) is 1.74. The van der Waals surface area contributed by atoms with Gasteiger partial charge in [0.05, 0.1) is 7.11 Å². The molecular weight excluding hydrogens is 240 g/mol. The van der Waals surface area contributed by atoms with Gasteiger partial charge in [-0.3, -0.25) is 4.79 Å². The Bertz CT molecular complexity index is 431. The van der Waals surface area contributed by atoms with Crippen LogP contribution in [-0.2, 0) is 15.1 Å². The van der Waals surface area contributed by atoms with Gasteiger partial charge in [-0.05, 0) is 25.3 Å². The molecule has 0 heterocycles. The molecular formula is C16H22O3. The number of methoxy groups -OCH3 is 1. The van der Waals surface area contributed by atoms with Crippen molar-refractivity contribution in [3.8, 4) is 0 Å². The highest BCUT2D eigenvalue weighted by molar-refractivity contribution is 5.78. The van der Waals surface area contributed by atoms with Crippen LogP contribution in [0.15, 0.2) is 30.3 Å². The third-order valence-corrected chi connectivity index (χ3v) is 4.55. The Morgan fingerprint density at radius 2 is 1.79 bits per heavy atom. The van der Waals surface area contributed by atoms with Crippen LogP contribution in [0.5, 0.6) is 0 Å². The Morgan fingerprint density at radius 1 is 1.21 bits per heavy atom. The van der Waals surface area contributed by atoms with E-state index < -0.39 is 11.0 Å². The number of benzene rings is 1. The van der Waals surface area contributed by atoms with Gasteiger partial charge < -0.3 is 9.84 Å². The smallest absolute Gasteiger partial charge is 0.315 e. The summed E-state index contributed by atoms with van der Waals surface area (Å²) in [4.78, 5) is 12.3. The van der Waals surface area contributed by atoms with Gasteiger partial charge in [0, 0.05) is 0 Å². The van der Waals surface area contributed by atoms with Gasteiger partial charge in [-0.1, -0.05) is 49.6 Å². The maximum atomic E-state index is 12.3. The SMILES string of the molecule is COC(=O)C1(C(C)(O)c2ccccc2)CCCCC1. The molecule has 1 aromatic rings. The first kappa shape index (κ1) is 14.1. The largest absolute Gasteiger partial charge is 0.468 e. The summed E-state index contributed by atoms with van der Waals surface area (Å²) in [6, 6.07) is 9.43. The minimum absolute atomic E-state index is 0.291. The van der Waals surface area contributed by atoms with Crippen molar-refractivity contribution in [3.63, 3.8) is 0 Å². The molecule has 2 rings (SSSR count). The van der Waals surface area contributed by atoms with E-state index in [1.807, 2.05) is 30.3 Å². The van der Waals surface area contributed by atoms with Crippen molar-refractivity contribution in [2.75, 3.05) is 7.11 Å². The molecule has 0 saturated heterocycles. The topological polar surface area (TPSA) is 46.5 Å². The highest BCUT2D eigenvalue weighted by atomic mass is 16.5. The first-order valence-corrected chi connectivity index (χ1v) is 6.91. The van der Waals surface area contributed by atoms with E-state index in [0.717, 1.165) is 24.8 Å². The van der Waals surface area contributed by atoms with Crippen LogP contribution in [0.4, 0.5) is 0 Å². The molecule has 1 atom stereocenters. The van der Waals surface area contributed by atoms with E-state index in [0.29, 0.717) is 12.8 Å². The summed E-state index contributed by atoms with van der Waals surface area (Å²) < 4.78 is 5.00. The van der Waals surface area contributed by atoms with Gasteiger partial charge in [-0.2, -0.15) is 0 Å². The van der Waals surface area contributed by atoms with Gasteiger partial charge in [0.1, 0.15) is 11.0 Å². The van der Waals surface area contributed by atoms with Crippen LogP contribution < -0.4 is 0 Å². The standard InChI is InChI=1S/C16H22O3/c1-15(18,13-9-5-3-6-10-13)16(14(17)19-2)11-7-4-8-12-16/h3,5-6,9-10,18H,4,7-8,11-12H2,1-2H3. The summed E-state index contributed by atoms with van der Waals surface area (Å²) >= 11 is 0. The fraction of sp³-hybridized carbons (Fsp3) is 0.562. The van der Waals surface area contributed by atoms with Crippen LogP contribution >= 0.6 is 0 Å². The van der Waals surface area contributed by atoms with E-state index in [4.69, 9.17) is 4.74 Å². The fourth-order valence-corrected chi connectivity index (χ4v) is 3.28. The predicted molar refractivity (Wildman–Crippen MR) is 73.5 cm³/mol. The Balaban J connectivity index is 2.45. The summed E-state index contributed by atoms with van der Waals surface area (Å²) in [7, 11) is 1.40. The number of aliphatic hydroxyl groups is 1. The van der Waals surface area contributed by atoms with Crippen LogP contribution in [0, 0.1) is 5.41 Å². The van der Waals surface area contributed by atoms with Crippen LogP contribution in [0.25, 0.3) is 0 Å². The maximum Gasteiger partial charge on any atom is 0.315 e. The number of esters is 1. The third kappa shape index (κ3) is 2.27. The Kier molecular flexibility index (Phi) is 3.95. The number of rotatable bonds is 3. The molecule has 1 saturated carbocycles. The number of ether oxygens (including phenoxy) is 1. The molecule has 0 aromatic heterocycles. The number of carbonyl (C=O) groups excluding carboxylic acids is 1. The van der Waals surface area contributed by atoms with Crippen molar-refractivity contribution in [2.45, 2.75) is 44.6 Å². The van der Waals surface area contributed by atoms with E-state index in [1.54, 1.807) is 6.92 Å². The molecule has 1 aliphatic carbocycles. The van der Waals surface area contributed by atoms with Gasteiger partial charge in [0.2, 0.25) is 0 Å². The van der Waals surface area contributed by atoms with E-state index in [9.17, 15) is 9.90 Å². The zero-order valence-corrected chi connectivity index (χ0v) is 11.7. The molecule has 0 bridgehead atoms. The fourth-order valence-electron chi connectivity index (χ4n) is 3.28. The lowest BCUT2D eigenvalue weighted by atomic mass is 9.61. The van der Waals surface area contributed by atoms with Gasteiger partial charge in [0.25, 0.3) is 0 Å². The molecule has 104 valence electrons. The van der Waals surface area contributed by atoms with Gasteiger partial charge in [-0.25, -0.2) is 0 Å². The lowest BCUT2D eigenvalue weighted by Crippen LogP contribution is -2.51. The normalized spacial score (nSPS) is 21.4. The van der Waals surface area contributed by atoms with E-state index in [-0.39, 0.29) is 5.97 Å². The van der Waals surface area contributed by atoms with Gasteiger partial charge in [0.15, 0.2) is 0 Å². The lowest BCUT2D eigenvalue weighted by molar-refractivity contribution is -0.178. The number of hydrogen-bond acceptors (Lipinski definition) is 3. The molecule has 0 aliphatic heterocycles. The highest BCUT2D eigenvalue weighted by Gasteiger charge is 2.54. The van der Waals surface area contributed by atoms with Crippen molar-refractivity contribution >= 4 is 5.97 Å². The van der Waals surface area contributed by atoms with Crippen molar-refractivity contribution < 1.29 is 14.6 Å². The Labute approximate surface area is 114 Å². The summed E-state index contributed by atoms with van der Waals surface area (Å²) in [5.41, 5.74) is -1.23. The molecule has 3 nitrogen and oxygen atoms in total. The number of carbonyl (C=O) groups is 1. The zero-order chi connectivity index (χ0) is 13.9. The van der Waals surface area contributed by atoms with Crippen LogP contribution in [0.3, 0.4) is 0 Å². The molecule has 0 radical (unpaired) electrons. The molecule has 1 unspecified atom stereocenters. The average molecular weight is 262 g/mol. The van der Waals surface area contributed by atoms with Gasteiger partial charge in [-0.15, -0.1) is 0 Å². The second-order valence-electron chi connectivity index (χ2n) is 5.57. The first-order valence-electron chi connectivity index (χ1n) is 6.91. The van der Waals surface area contributed by atoms with E-state index in [2.05, 4.69) is 0 Å².